The maximum atomic E-state index is 12.1. The molecule has 0 bridgehead atoms. The van der Waals surface area contributed by atoms with Gasteiger partial charge >= 0.3 is 12.0 Å². The van der Waals surface area contributed by atoms with Gasteiger partial charge in [0.1, 0.15) is 0 Å². The molecule has 8 heteroatoms. The van der Waals surface area contributed by atoms with Gasteiger partial charge < -0.3 is 10.5 Å². The second kappa shape index (κ2) is 10.0. The lowest BCUT2D eigenvalue weighted by molar-refractivity contribution is -0.149. The predicted octanol–water partition coefficient (Wildman–Crippen LogP) is 2.74. The standard InChI is InChI=1S/C23H22N4O4/c1-16(22(29)25-23(24)30)31-20(28)13-12-19-15-27(14-17-8-4-2-5-9-17)26-21(19)18-10-6-3-7-11-18/h2-13,15-16H,14H2,1H3,(H3,24,25,29,30)/b13-12+. The highest BCUT2D eigenvalue weighted by atomic mass is 16.5. The molecule has 31 heavy (non-hydrogen) atoms. The fourth-order valence-electron chi connectivity index (χ4n) is 2.88. The first kappa shape index (κ1) is 21.5. The van der Waals surface area contributed by atoms with Crippen LogP contribution >= 0.6 is 0 Å². The van der Waals surface area contributed by atoms with Crippen molar-refractivity contribution in [2.45, 2.75) is 19.6 Å². The molecule has 3 rings (SSSR count). The smallest absolute Gasteiger partial charge is 0.331 e. The molecule has 1 heterocycles. The summed E-state index contributed by atoms with van der Waals surface area (Å²) in [6, 6.07) is 18.5. The highest BCUT2D eigenvalue weighted by Gasteiger charge is 2.18. The zero-order chi connectivity index (χ0) is 22.2. The van der Waals surface area contributed by atoms with E-state index in [1.807, 2.05) is 72.2 Å². The lowest BCUT2D eigenvalue weighted by atomic mass is 10.1. The number of urea groups is 1. The number of nitrogens with zero attached hydrogens (tertiary/aromatic N) is 2. The van der Waals surface area contributed by atoms with Crippen LogP contribution in [0.1, 0.15) is 18.1 Å². The third-order valence-corrected chi connectivity index (χ3v) is 4.33. The monoisotopic (exact) mass is 418 g/mol. The number of hydrogen-bond acceptors (Lipinski definition) is 5. The van der Waals surface area contributed by atoms with Gasteiger partial charge in [-0.2, -0.15) is 5.10 Å². The molecular formula is C23H22N4O4. The molecule has 3 aromatic rings. The average Bonchev–Trinajstić information content (AvgIpc) is 3.15. The van der Waals surface area contributed by atoms with E-state index in [2.05, 4.69) is 5.10 Å². The highest BCUT2D eigenvalue weighted by molar-refractivity contribution is 5.97. The molecule has 3 amide bonds. The normalized spacial score (nSPS) is 11.8. The Bertz CT molecular complexity index is 1090. The van der Waals surface area contributed by atoms with E-state index in [0.29, 0.717) is 17.8 Å². The van der Waals surface area contributed by atoms with Crippen molar-refractivity contribution in [1.82, 2.24) is 15.1 Å². The van der Waals surface area contributed by atoms with Crippen LogP contribution in [0.3, 0.4) is 0 Å². The number of ether oxygens (including phenoxy) is 1. The average molecular weight is 418 g/mol. The number of nitrogens with one attached hydrogen (secondary N) is 1. The molecule has 0 saturated carbocycles. The second-order valence-electron chi connectivity index (χ2n) is 6.75. The summed E-state index contributed by atoms with van der Waals surface area (Å²) in [5.74, 6) is -1.53. The van der Waals surface area contributed by atoms with E-state index in [4.69, 9.17) is 10.5 Å². The topological polar surface area (TPSA) is 116 Å². The first-order valence-electron chi connectivity index (χ1n) is 9.58. The summed E-state index contributed by atoms with van der Waals surface area (Å²) in [5.41, 5.74) is 8.31. The Morgan fingerprint density at radius 2 is 1.74 bits per heavy atom. The summed E-state index contributed by atoms with van der Waals surface area (Å²) in [5, 5.41) is 6.54. The first-order chi connectivity index (χ1) is 14.9. The Balaban J connectivity index is 1.79. The van der Waals surface area contributed by atoms with Crippen LogP contribution in [0.4, 0.5) is 4.79 Å². The van der Waals surface area contributed by atoms with Crippen molar-refractivity contribution in [3.05, 3.63) is 84.1 Å². The van der Waals surface area contributed by atoms with E-state index < -0.39 is 24.0 Å². The molecular weight excluding hydrogens is 396 g/mol. The van der Waals surface area contributed by atoms with Crippen LogP contribution in [-0.4, -0.2) is 33.8 Å². The van der Waals surface area contributed by atoms with Crippen molar-refractivity contribution in [2.75, 3.05) is 0 Å². The van der Waals surface area contributed by atoms with Crippen molar-refractivity contribution >= 4 is 24.0 Å². The maximum absolute atomic E-state index is 12.1. The van der Waals surface area contributed by atoms with E-state index in [1.165, 1.54) is 13.0 Å². The first-order valence-corrected chi connectivity index (χ1v) is 9.58. The molecule has 0 radical (unpaired) electrons. The number of rotatable bonds is 7. The van der Waals surface area contributed by atoms with Crippen LogP contribution in [0.25, 0.3) is 17.3 Å². The third kappa shape index (κ3) is 6.14. The molecule has 2 aromatic carbocycles. The van der Waals surface area contributed by atoms with Crippen molar-refractivity contribution < 1.29 is 19.1 Å². The summed E-state index contributed by atoms with van der Waals surface area (Å²) in [4.78, 5) is 34.5. The minimum atomic E-state index is -1.17. The number of esters is 1. The summed E-state index contributed by atoms with van der Waals surface area (Å²) in [6.07, 6.45) is 3.46. The third-order valence-electron chi connectivity index (χ3n) is 4.33. The Kier molecular flexibility index (Phi) is 6.95. The van der Waals surface area contributed by atoms with E-state index in [9.17, 15) is 14.4 Å². The minimum Gasteiger partial charge on any atom is -0.449 e. The number of carbonyl (C=O) groups excluding carboxylic acids is 3. The van der Waals surface area contributed by atoms with Gasteiger partial charge in [0, 0.05) is 23.4 Å². The van der Waals surface area contributed by atoms with Gasteiger partial charge in [-0.3, -0.25) is 14.8 Å². The van der Waals surface area contributed by atoms with Crippen LogP contribution in [0, 0.1) is 0 Å². The van der Waals surface area contributed by atoms with Gasteiger partial charge in [0.2, 0.25) is 0 Å². The molecule has 158 valence electrons. The van der Waals surface area contributed by atoms with E-state index in [1.54, 1.807) is 10.8 Å². The number of aromatic nitrogens is 2. The van der Waals surface area contributed by atoms with E-state index >= 15 is 0 Å². The molecule has 3 N–H and O–H groups in total. The zero-order valence-electron chi connectivity index (χ0n) is 16.9. The van der Waals surface area contributed by atoms with Crippen LogP contribution in [0.2, 0.25) is 0 Å². The van der Waals surface area contributed by atoms with Gasteiger partial charge in [0.15, 0.2) is 6.10 Å². The zero-order valence-corrected chi connectivity index (χ0v) is 16.9. The van der Waals surface area contributed by atoms with Crippen LogP contribution in [0.5, 0.6) is 0 Å². The Morgan fingerprint density at radius 1 is 1.10 bits per heavy atom. The Labute approximate surface area is 179 Å². The van der Waals surface area contributed by atoms with Crippen molar-refractivity contribution in [1.29, 1.82) is 0 Å². The van der Waals surface area contributed by atoms with Gasteiger partial charge in [-0.15, -0.1) is 0 Å². The van der Waals surface area contributed by atoms with Gasteiger partial charge in [-0.05, 0) is 18.6 Å². The fourth-order valence-corrected chi connectivity index (χ4v) is 2.88. The second-order valence-corrected chi connectivity index (χ2v) is 6.75. The van der Waals surface area contributed by atoms with Crippen LogP contribution in [0.15, 0.2) is 72.9 Å². The van der Waals surface area contributed by atoms with Crippen LogP contribution < -0.4 is 11.1 Å². The lowest BCUT2D eigenvalue weighted by Crippen LogP contribution is -2.42. The van der Waals surface area contributed by atoms with Crippen molar-refractivity contribution in [3.8, 4) is 11.3 Å². The summed E-state index contributed by atoms with van der Waals surface area (Å²) in [6.45, 7) is 1.92. The molecule has 0 spiro atoms. The van der Waals surface area contributed by atoms with Crippen molar-refractivity contribution in [3.63, 3.8) is 0 Å². The number of benzene rings is 2. The van der Waals surface area contributed by atoms with Gasteiger partial charge in [-0.25, -0.2) is 9.59 Å². The molecule has 0 aliphatic carbocycles. The molecule has 1 aromatic heterocycles. The largest absolute Gasteiger partial charge is 0.449 e. The number of amides is 3. The molecule has 0 aliphatic rings. The summed E-state index contributed by atoms with van der Waals surface area (Å²) >= 11 is 0. The lowest BCUT2D eigenvalue weighted by Gasteiger charge is -2.10. The minimum absolute atomic E-state index is 0.573. The highest BCUT2D eigenvalue weighted by Crippen LogP contribution is 2.23. The van der Waals surface area contributed by atoms with E-state index in [0.717, 1.165) is 11.1 Å². The van der Waals surface area contributed by atoms with Gasteiger partial charge in [0.05, 0.1) is 12.2 Å². The van der Waals surface area contributed by atoms with Crippen molar-refractivity contribution in [2.24, 2.45) is 5.73 Å². The SMILES string of the molecule is CC(OC(=O)/C=C/c1cn(Cc2ccccc2)nc1-c1ccccc1)C(=O)NC(N)=O. The quantitative estimate of drug-likeness (QED) is 0.452. The Morgan fingerprint density at radius 3 is 2.39 bits per heavy atom. The predicted molar refractivity (Wildman–Crippen MR) is 116 cm³/mol. The number of carbonyl (C=O) groups is 3. The van der Waals surface area contributed by atoms with Gasteiger partial charge in [-0.1, -0.05) is 60.7 Å². The molecule has 8 nitrogen and oxygen atoms in total. The summed E-state index contributed by atoms with van der Waals surface area (Å²) in [7, 11) is 0. The number of nitrogens with two attached hydrogens (primary N) is 1. The van der Waals surface area contributed by atoms with Crippen LogP contribution in [-0.2, 0) is 20.9 Å². The molecule has 0 aliphatic heterocycles. The number of primary amides is 1. The Hall–Kier alpha value is -4.20. The molecule has 0 fully saturated rings. The maximum Gasteiger partial charge on any atom is 0.331 e. The van der Waals surface area contributed by atoms with E-state index in [-0.39, 0.29) is 0 Å². The molecule has 1 atom stereocenters. The number of hydrogen-bond donors (Lipinski definition) is 2. The molecule has 1 unspecified atom stereocenters. The summed E-state index contributed by atoms with van der Waals surface area (Å²) < 4.78 is 6.81. The van der Waals surface area contributed by atoms with Gasteiger partial charge in [0.25, 0.3) is 5.91 Å². The molecule has 0 saturated heterocycles. The fraction of sp³-hybridized carbons (Fsp3) is 0.130. The number of imide groups is 1.